The Balaban J connectivity index is 1.54. The minimum absolute atomic E-state index is 0.0366. The van der Waals surface area contributed by atoms with Crippen molar-refractivity contribution in [2.45, 2.75) is 44.4 Å². The molecule has 1 saturated carbocycles. The zero-order valence-electron chi connectivity index (χ0n) is 18.5. The Hall–Kier alpha value is -2.76. The Morgan fingerprint density at radius 3 is 2.51 bits per heavy atom. The maximum absolute atomic E-state index is 13.0. The van der Waals surface area contributed by atoms with Crippen molar-refractivity contribution in [2.24, 2.45) is 11.8 Å². The van der Waals surface area contributed by atoms with Gasteiger partial charge < -0.3 is 15.5 Å². The number of nitrogens with one attached hydrogen (secondary N) is 1. The standard InChI is InChI=1S/C23H22ClF3N4O3S/c1-22(34,13-4-2-12(3-5-13)20(32)33)21-29-11-17(35-21)16-9-15(24)10-19(30-16)31-18-8-14(6-7-28-18)23(25,26)27/h6-13,34H,2-5H2,1H3,(H,32,33)(H,28,30,31)/t12-,13-,22?. The summed E-state index contributed by atoms with van der Waals surface area (Å²) in [5.41, 5.74) is -1.65. The van der Waals surface area contributed by atoms with Crippen LogP contribution in [0.2, 0.25) is 5.02 Å². The molecule has 0 amide bonds. The number of nitrogens with zero attached hydrogens (tertiary/aromatic N) is 3. The number of aliphatic hydroxyl groups is 1. The molecule has 1 unspecified atom stereocenters. The summed E-state index contributed by atoms with van der Waals surface area (Å²) < 4.78 is 39.0. The summed E-state index contributed by atoms with van der Waals surface area (Å²) in [6.07, 6.45) is 0.264. The molecule has 3 heterocycles. The zero-order valence-corrected chi connectivity index (χ0v) is 20.1. The maximum Gasteiger partial charge on any atom is 0.416 e. The fourth-order valence-corrected chi connectivity index (χ4v) is 5.41. The molecule has 3 N–H and O–H groups in total. The number of alkyl halides is 3. The van der Waals surface area contributed by atoms with Gasteiger partial charge in [-0.2, -0.15) is 13.2 Å². The minimum Gasteiger partial charge on any atom is -0.481 e. The van der Waals surface area contributed by atoms with Gasteiger partial charge >= 0.3 is 12.1 Å². The molecule has 12 heteroatoms. The van der Waals surface area contributed by atoms with Gasteiger partial charge in [-0.3, -0.25) is 4.79 Å². The molecule has 0 spiro atoms. The van der Waals surface area contributed by atoms with Gasteiger partial charge in [0.25, 0.3) is 0 Å². The van der Waals surface area contributed by atoms with Crippen LogP contribution in [0.15, 0.2) is 36.7 Å². The third-order valence-electron chi connectivity index (χ3n) is 6.20. The lowest BCUT2D eigenvalue weighted by Gasteiger charge is -2.35. The van der Waals surface area contributed by atoms with E-state index in [9.17, 15) is 28.2 Å². The Morgan fingerprint density at radius 2 is 1.86 bits per heavy atom. The van der Waals surface area contributed by atoms with E-state index in [0.29, 0.717) is 46.3 Å². The topological polar surface area (TPSA) is 108 Å². The highest BCUT2D eigenvalue weighted by atomic mass is 35.5. The predicted molar refractivity (Wildman–Crippen MR) is 126 cm³/mol. The zero-order chi connectivity index (χ0) is 25.4. The lowest BCUT2D eigenvalue weighted by atomic mass is 9.74. The number of carboxylic acid groups (broad SMARTS) is 1. The van der Waals surface area contributed by atoms with Crippen LogP contribution in [0.25, 0.3) is 10.6 Å². The van der Waals surface area contributed by atoms with Crippen LogP contribution in [0.5, 0.6) is 0 Å². The van der Waals surface area contributed by atoms with Crippen LogP contribution in [0.3, 0.4) is 0 Å². The second kappa shape index (κ2) is 9.71. The quantitative estimate of drug-likeness (QED) is 0.355. The normalized spacial score (nSPS) is 20.3. The van der Waals surface area contributed by atoms with Crippen molar-refractivity contribution in [3.8, 4) is 10.6 Å². The van der Waals surface area contributed by atoms with Gasteiger partial charge in [0.05, 0.1) is 22.1 Å². The number of aromatic nitrogens is 3. The van der Waals surface area contributed by atoms with Gasteiger partial charge in [-0.15, -0.1) is 11.3 Å². The van der Waals surface area contributed by atoms with Crippen LogP contribution in [0.1, 0.15) is 43.2 Å². The number of carboxylic acids is 1. The van der Waals surface area contributed by atoms with Crippen LogP contribution in [-0.4, -0.2) is 31.1 Å². The van der Waals surface area contributed by atoms with Crippen molar-refractivity contribution in [2.75, 3.05) is 5.32 Å². The Bertz CT molecular complexity index is 1230. The highest BCUT2D eigenvalue weighted by molar-refractivity contribution is 7.15. The van der Waals surface area contributed by atoms with E-state index in [2.05, 4.69) is 20.3 Å². The van der Waals surface area contributed by atoms with Crippen molar-refractivity contribution in [3.63, 3.8) is 0 Å². The Morgan fingerprint density at radius 1 is 1.14 bits per heavy atom. The van der Waals surface area contributed by atoms with Crippen molar-refractivity contribution >= 4 is 40.5 Å². The van der Waals surface area contributed by atoms with Crippen molar-refractivity contribution in [3.05, 3.63) is 52.3 Å². The van der Waals surface area contributed by atoms with Gasteiger partial charge in [0.2, 0.25) is 0 Å². The van der Waals surface area contributed by atoms with Crippen molar-refractivity contribution in [1.29, 1.82) is 0 Å². The first-order valence-electron chi connectivity index (χ1n) is 10.8. The number of aliphatic carboxylic acids is 1. The number of hydrogen-bond acceptors (Lipinski definition) is 7. The third kappa shape index (κ3) is 5.74. The van der Waals surface area contributed by atoms with Gasteiger partial charge in [-0.1, -0.05) is 11.6 Å². The number of pyridine rings is 2. The lowest BCUT2D eigenvalue weighted by molar-refractivity contribution is -0.144. The van der Waals surface area contributed by atoms with Gasteiger partial charge in [0.15, 0.2) is 0 Å². The first-order valence-corrected chi connectivity index (χ1v) is 12.0. The summed E-state index contributed by atoms with van der Waals surface area (Å²) in [6, 6.07) is 4.81. The second-order valence-electron chi connectivity index (χ2n) is 8.67. The highest BCUT2D eigenvalue weighted by Crippen LogP contribution is 2.43. The molecular formula is C23H22ClF3N4O3S. The molecule has 35 heavy (non-hydrogen) atoms. The van der Waals surface area contributed by atoms with E-state index in [1.54, 1.807) is 19.2 Å². The Labute approximate surface area is 208 Å². The molecule has 1 aliphatic rings. The van der Waals surface area contributed by atoms with E-state index in [1.807, 2.05) is 0 Å². The molecule has 0 bridgehead atoms. The monoisotopic (exact) mass is 526 g/mol. The van der Waals surface area contributed by atoms with E-state index in [0.717, 1.165) is 18.3 Å². The summed E-state index contributed by atoms with van der Waals surface area (Å²) >= 11 is 7.47. The molecule has 0 radical (unpaired) electrons. The largest absolute Gasteiger partial charge is 0.481 e. The first-order chi connectivity index (χ1) is 16.4. The van der Waals surface area contributed by atoms with Gasteiger partial charge in [-0.25, -0.2) is 15.0 Å². The van der Waals surface area contributed by atoms with Crippen molar-refractivity contribution < 1.29 is 28.2 Å². The van der Waals surface area contributed by atoms with E-state index in [4.69, 9.17) is 11.6 Å². The van der Waals surface area contributed by atoms with Crippen LogP contribution in [-0.2, 0) is 16.6 Å². The average Bonchev–Trinajstić information content (AvgIpc) is 3.30. The summed E-state index contributed by atoms with van der Waals surface area (Å²) in [5, 5.41) is 24.0. The number of rotatable bonds is 6. The number of hydrogen-bond donors (Lipinski definition) is 3. The van der Waals surface area contributed by atoms with Gasteiger partial charge in [0, 0.05) is 17.4 Å². The average molecular weight is 527 g/mol. The molecule has 4 rings (SSSR count). The highest BCUT2D eigenvalue weighted by Gasteiger charge is 2.40. The molecule has 3 aromatic rings. The summed E-state index contributed by atoms with van der Waals surface area (Å²) in [5.74, 6) is -1.16. The third-order valence-corrected chi connectivity index (χ3v) is 7.66. The van der Waals surface area contributed by atoms with Crippen LogP contribution in [0.4, 0.5) is 24.8 Å². The molecule has 3 aromatic heterocycles. The summed E-state index contributed by atoms with van der Waals surface area (Å²) in [4.78, 5) is 24.6. The Kier molecular flexibility index (Phi) is 7.03. The molecule has 0 aliphatic heterocycles. The molecule has 1 atom stereocenters. The smallest absolute Gasteiger partial charge is 0.416 e. The lowest BCUT2D eigenvalue weighted by Crippen LogP contribution is -2.35. The number of halogens is 4. The molecule has 0 aromatic carbocycles. The van der Waals surface area contributed by atoms with Crippen molar-refractivity contribution in [1.82, 2.24) is 15.0 Å². The van der Waals surface area contributed by atoms with Gasteiger partial charge in [0.1, 0.15) is 22.2 Å². The molecule has 186 valence electrons. The number of carbonyl (C=O) groups is 1. The molecule has 7 nitrogen and oxygen atoms in total. The second-order valence-corrected chi connectivity index (χ2v) is 10.1. The number of anilines is 2. The molecule has 1 fully saturated rings. The van der Waals surface area contributed by atoms with E-state index < -0.39 is 23.3 Å². The van der Waals surface area contributed by atoms with Crippen LogP contribution >= 0.6 is 22.9 Å². The van der Waals surface area contributed by atoms with E-state index >= 15 is 0 Å². The molecular weight excluding hydrogens is 505 g/mol. The van der Waals surface area contributed by atoms with Gasteiger partial charge in [-0.05, 0) is 62.8 Å². The predicted octanol–water partition coefficient (Wildman–Crippen LogP) is 6.11. The summed E-state index contributed by atoms with van der Waals surface area (Å²) in [6.45, 7) is 1.68. The van der Waals surface area contributed by atoms with Crippen LogP contribution in [0, 0.1) is 11.8 Å². The number of thiazole rings is 1. The molecule has 1 aliphatic carbocycles. The minimum atomic E-state index is -4.50. The fourth-order valence-electron chi connectivity index (χ4n) is 4.20. The van der Waals surface area contributed by atoms with Crippen LogP contribution < -0.4 is 5.32 Å². The fraction of sp³-hybridized carbons (Fsp3) is 0.391. The maximum atomic E-state index is 13.0. The summed E-state index contributed by atoms with van der Waals surface area (Å²) in [7, 11) is 0. The SMILES string of the molecule is CC(O)(c1ncc(-c2cc(Cl)cc(Nc3cc(C(F)(F)F)ccn3)n2)s1)[C@H]1CC[C@H](C(=O)O)CC1. The first kappa shape index (κ1) is 25.3. The van der Waals surface area contributed by atoms with E-state index in [-0.39, 0.29) is 23.5 Å². The van der Waals surface area contributed by atoms with E-state index in [1.165, 1.54) is 17.4 Å². The molecule has 0 saturated heterocycles.